The number of carboxylic acid groups (broad SMARTS) is 1. The maximum absolute atomic E-state index is 10.6. The van der Waals surface area contributed by atoms with Crippen LogP contribution in [0.2, 0.25) is 0 Å². The second-order valence-corrected chi connectivity index (χ2v) is 2.52. The molecular formula is C10H11NO2. The van der Waals surface area contributed by atoms with E-state index in [0.29, 0.717) is 0 Å². The Morgan fingerprint density at radius 1 is 1.38 bits per heavy atom. The number of carboxylic acids is 1. The van der Waals surface area contributed by atoms with Crippen molar-refractivity contribution in [1.82, 2.24) is 5.32 Å². The maximum Gasteiger partial charge on any atom is 0.351 e. The van der Waals surface area contributed by atoms with E-state index in [2.05, 4.69) is 5.32 Å². The van der Waals surface area contributed by atoms with E-state index >= 15 is 0 Å². The standard InChI is InChI=1S/C10H11NO2/c1-11-9(10(12)13)7-8-5-3-2-4-6-8/h2-7,11H,1H3,(H,12,13). The number of carbonyl (C=O) groups is 1. The van der Waals surface area contributed by atoms with Crippen molar-refractivity contribution >= 4 is 12.0 Å². The van der Waals surface area contributed by atoms with Crippen LogP contribution in [0.5, 0.6) is 0 Å². The molecule has 0 fully saturated rings. The summed E-state index contributed by atoms with van der Waals surface area (Å²) in [5, 5.41) is 11.3. The highest BCUT2D eigenvalue weighted by atomic mass is 16.4. The molecule has 3 nitrogen and oxygen atoms in total. The zero-order valence-corrected chi connectivity index (χ0v) is 7.32. The van der Waals surface area contributed by atoms with Gasteiger partial charge in [-0.25, -0.2) is 4.79 Å². The number of benzene rings is 1. The number of rotatable bonds is 3. The van der Waals surface area contributed by atoms with Gasteiger partial charge in [0.05, 0.1) is 0 Å². The molecule has 13 heavy (non-hydrogen) atoms. The summed E-state index contributed by atoms with van der Waals surface area (Å²) in [4.78, 5) is 10.6. The van der Waals surface area contributed by atoms with Crippen molar-refractivity contribution in [2.75, 3.05) is 7.05 Å². The third-order valence-corrected chi connectivity index (χ3v) is 1.61. The van der Waals surface area contributed by atoms with E-state index in [-0.39, 0.29) is 5.70 Å². The minimum atomic E-state index is -0.952. The van der Waals surface area contributed by atoms with Crippen molar-refractivity contribution in [2.24, 2.45) is 0 Å². The summed E-state index contributed by atoms with van der Waals surface area (Å²) in [6, 6.07) is 9.31. The minimum absolute atomic E-state index is 0.186. The molecule has 3 heteroatoms. The highest BCUT2D eigenvalue weighted by molar-refractivity contribution is 5.91. The Kier molecular flexibility index (Phi) is 3.09. The molecule has 0 saturated carbocycles. The Hall–Kier alpha value is -1.77. The minimum Gasteiger partial charge on any atom is -0.477 e. The first-order valence-corrected chi connectivity index (χ1v) is 3.92. The summed E-state index contributed by atoms with van der Waals surface area (Å²) in [5.41, 5.74) is 1.06. The van der Waals surface area contributed by atoms with E-state index in [0.717, 1.165) is 5.56 Å². The van der Waals surface area contributed by atoms with Gasteiger partial charge in [0, 0.05) is 7.05 Å². The largest absolute Gasteiger partial charge is 0.477 e. The van der Waals surface area contributed by atoms with Crippen LogP contribution in [0, 0.1) is 0 Å². The van der Waals surface area contributed by atoms with Crippen molar-refractivity contribution in [3.05, 3.63) is 41.6 Å². The predicted octanol–water partition coefficient (Wildman–Crippen LogP) is 1.33. The molecule has 2 N–H and O–H groups in total. The number of hydrogen-bond acceptors (Lipinski definition) is 2. The average Bonchev–Trinajstić information content (AvgIpc) is 2.15. The lowest BCUT2D eigenvalue weighted by molar-refractivity contribution is -0.132. The van der Waals surface area contributed by atoms with Crippen molar-refractivity contribution in [3.8, 4) is 0 Å². The molecular weight excluding hydrogens is 166 g/mol. The molecule has 0 aliphatic carbocycles. The van der Waals surface area contributed by atoms with Gasteiger partial charge in [0.2, 0.25) is 0 Å². The fourth-order valence-electron chi connectivity index (χ4n) is 0.957. The van der Waals surface area contributed by atoms with Crippen LogP contribution in [0.25, 0.3) is 6.08 Å². The number of likely N-dealkylation sites (N-methyl/N-ethyl adjacent to an activating group) is 1. The molecule has 0 unspecified atom stereocenters. The van der Waals surface area contributed by atoms with Crippen LogP contribution in [0.15, 0.2) is 36.0 Å². The molecule has 0 saturated heterocycles. The van der Waals surface area contributed by atoms with E-state index in [1.54, 1.807) is 13.1 Å². The van der Waals surface area contributed by atoms with Crippen LogP contribution in [-0.4, -0.2) is 18.1 Å². The smallest absolute Gasteiger partial charge is 0.351 e. The van der Waals surface area contributed by atoms with Crippen LogP contribution in [0.3, 0.4) is 0 Å². The molecule has 1 aromatic rings. The van der Waals surface area contributed by atoms with Gasteiger partial charge in [-0.2, -0.15) is 0 Å². The fourth-order valence-corrected chi connectivity index (χ4v) is 0.957. The third kappa shape index (κ3) is 2.63. The highest BCUT2D eigenvalue weighted by Crippen LogP contribution is 2.04. The Morgan fingerprint density at radius 3 is 2.46 bits per heavy atom. The van der Waals surface area contributed by atoms with Gasteiger partial charge in [-0.3, -0.25) is 0 Å². The Bertz CT molecular complexity index is 317. The van der Waals surface area contributed by atoms with Gasteiger partial charge in [-0.1, -0.05) is 30.3 Å². The number of hydrogen-bond donors (Lipinski definition) is 2. The first kappa shape index (κ1) is 9.32. The first-order chi connectivity index (χ1) is 6.24. The molecule has 0 aromatic heterocycles. The van der Waals surface area contributed by atoms with Crippen molar-refractivity contribution in [1.29, 1.82) is 0 Å². The zero-order valence-electron chi connectivity index (χ0n) is 7.32. The highest BCUT2D eigenvalue weighted by Gasteiger charge is 2.02. The second-order valence-electron chi connectivity index (χ2n) is 2.52. The lowest BCUT2D eigenvalue weighted by Crippen LogP contribution is -2.14. The Labute approximate surface area is 76.7 Å². The SMILES string of the molecule is CNC(=Cc1ccccc1)C(=O)O. The molecule has 0 radical (unpaired) electrons. The summed E-state index contributed by atoms with van der Waals surface area (Å²) in [7, 11) is 1.59. The van der Waals surface area contributed by atoms with Gasteiger partial charge in [0.1, 0.15) is 5.70 Å². The van der Waals surface area contributed by atoms with Gasteiger partial charge < -0.3 is 10.4 Å². The van der Waals surface area contributed by atoms with Gasteiger partial charge in [0.15, 0.2) is 0 Å². The first-order valence-electron chi connectivity index (χ1n) is 3.92. The number of nitrogens with one attached hydrogen (secondary N) is 1. The van der Waals surface area contributed by atoms with Gasteiger partial charge in [-0.05, 0) is 11.6 Å². The van der Waals surface area contributed by atoms with E-state index in [9.17, 15) is 4.79 Å². The Balaban J connectivity index is 2.92. The average molecular weight is 177 g/mol. The Morgan fingerprint density at radius 2 is 2.00 bits per heavy atom. The third-order valence-electron chi connectivity index (χ3n) is 1.61. The molecule has 0 spiro atoms. The normalized spacial score (nSPS) is 11.0. The molecule has 0 heterocycles. The quantitative estimate of drug-likeness (QED) is 0.685. The second kappa shape index (κ2) is 4.30. The van der Waals surface area contributed by atoms with Crippen molar-refractivity contribution in [2.45, 2.75) is 0 Å². The van der Waals surface area contributed by atoms with E-state index < -0.39 is 5.97 Å². The molecule has 1 rings (SSSR count). The summed E-state index contributed by atoms with van der Waals surface area (Å²) < 4.78 is 0. The summed E-state index contributed by atoms with van der Waals surface area (Å²) in [6.07, 6.45) is 1.59. The maximum atomic E-state index is 10.6. The van der Waals surface area contributed by atoms with Crippen LogP contribution < -0.4 is 5.32 Å². The van der Waals surface area contributed by atoms with Crippen LogP contribution >= 0.6 is 0 Å². The van der Waals surface area contributed by atoms with Gasteiger partial charge >= 0.3 is 5.97 Å². The molecule has 0 bridgehead atoms. The molecule has 1 aromatic carbocycles. The van der Waals surface area contributed by atoms with Crippen LogP contribution in [0.1, 0.15) is 5.56 Å². The van der Waals surface area contributed by atoms with Gasteiger partial charge in [0.25, 0.3) is 0 Å². The molecule has 0 amide bonds. The predicted molar refractivity (Wildman–Crippen MR) is 51.1 cm³/mol. The summed E-state index contributed by atoms with van der Waals surface area (Å²) in [6.45, 7) is 0. The monoisotopic (exact) mass is 177 g/mol. The molecule has 0 atom stereocenters. The van der Waals surface area contributed by atoms with E-state index in [1.165, 1.54) is 0 Å². The van der Waals surface area contributed by atoms with E-state index in [4.69, 9.17) is 5.11 Å². The molecule has 0 aliphatic heterocycles. The van der Waals surface area contributed by atoms with E-state index in [1.807, 2.05) is 30.3 Å². The van der Waals surface area contributed by atoms with Crippen molar-refractivity contribution < 1.29 is 9.90 Å². The summed E-state index contributed by atoms with van der Waals surface area (Å²) in [5.74, 6) is -0.952. The zero-order chi connectivity index (χ0) is 9.68. The summed E-state index contributed by atoms with van der Waals surface area (Å²) >= 11 is 0. The van der Waals surface area contributed by atoms with Crippen LogP contribution in [0.4, 0.5) is 0 Å². The number of aliphatic carboxylic acids is 1. The molecule has 68 valence electrons. The lowest BCUT2D eigenvalue weighted by Gasteiger charge is -1.99. The topological polar surface area (TPSA) is 49.3 Å². The van der Waals surface area contributed by atoms with Crippen molar-refractivity contribution in [3.63, 3.8) is 0 Å². The van der Waals surface area contributed by atoms with Crippen LogP contribution in [-0.2, 0) is 4.79 Å². The fraction of sp³-hybridized carbons (Fsp3) is 0.100. The molecule has 0 aliphatic rings. The van der Waals surface area contributed by atoms with Gasteiger partial charge in [-0.15, -0.1) is 0 Å². The lowest BCUT2D eigenvalue weighted by atomic mass is 10.2.